The minimum Gasteiger partial charge on any atom is -0.497 e. The van der Waals surface area contributed by atoms with E-state index in [1.807, 2.05) is 26.2 Å². The van der Waals surface area contributed by atoms with Gasteiger partial charge in [0.1, 0.15) is 11.9 Å². The average Bonchev–Trinajstić information content (AvgIpc) is 3.31. The summed E-state index contributed by atoms with van der Waals surface area (Å²) < 4.78 is 11.5. The fraction of sp³-hybridized carbons (Fsp3) is 0.458. The number of amides is 1. The Labute approximate surface area is 178 Å². The number of nitrogens with zero attached hydrogens (tertiary/aromatic N) is 2. The fourth-order valence-corrected chi connectivity index (χ4v) is 4.59. The maximum absolute atomic E-state index is 12.7. The second-order valence-corrected chi connectivity index (χ2v) is 8.49. The van der Waals surface area contributed by atoms with Crippen LogP contribution in [0.5, 0.6) is 5.75 Å². The molecule has 1 saturated heterocycles. The van der Waals surface area contributed by atoms with Crippen LogP contribution in [-0.4, -0.2) is 62.7 Å². The Morgan fingerprint density at radius 1 is 1.27 bits per heavy atom. The highest BCUT2D eigenvalue weighted by Gasteiger charge is 2.52. The summed E-state index contributed by atoms with van der Waals surface area (Å²) in [6, 6.07) is 16.7. The van der Waals surface area contributed by atoms with Crippen LogP contribution in [0.2, 0.25) is 0 Å². The van der Waals surface area contributed by atoms with E-state index < -0.39 is 6.10 Å². The maximum atomic E-state index is 12.7. The van der Waals surface area contributed by atoms with Gasteiger partial charge in [-0.05, 0) is 42.9 Å². The van der Waals surface area contributed by atoms with Crippen molar-refractivity contribution < 1.29 is 14.3 Å². The van der Waals surface area contributed by atoms with Crippen molar-refractivity contribution in [1.29, 1.82) is 0 Å². The topological polar surface area (TPSA) is 54.0 Å². The van der Waals surface area contributed by atoms with Crippen molar-refractivity contribution in [1.82, 2.24) is 15.1 Å². The number of hydrogen-bond donors (Lipinski definition) is 1. The molecule has 0 radical (unpaired) electrons. The molecule has 1 N–H and O–H groups in total. The molecule has 0 unspecified atom stereocenters. The number of nitrogens with one attached hydrogen (secondary N) is 1. The lowest BCUT2D eigenvalue weighted by molar-refractivity contribution is -0.130. The number of benzene rings is 2. The minimum atomic E-state index is -0.425. The monoisotopic (exact) mass is 409 g/mol. The van der Waals surface area contributed by atoms with E-state index >= 15 is 0 Å². The van der Waals surface area contributed by atoms with Crippen molar-refractivity contribution in [3.05, 3.63) is 65.2 Å². The SMILES string of the molecule is COc1cccc(CN2Cc3ccccc3[C@@]23CO[C@H](C(=O)NCCN(C)C)C3)c1. The normalized spacial score (nSPS) is 23.1. The lowest BCUT2D eigenvalue weighted by Crippen LogP contribution is -2.43. The van der Waals surface area contributed by atoms with Gasteiger partial charge in [-0.25, -0.2) is 0 Å². The third kappa shape index (κ3) is 4.08. The number of methoxy groups -OCH3 is 1. The number of likely N-dealkylation sites (N-methyl/N-ethyl adjacent to an activating group) is 1. The summed E-state index contributed by atoms with van der Waals surface area (Å²) in [7, 11) is 5.69. The van der Waals surface area contributed by atoms with Gasteiger partial charge in [0, 0.05) is 32.6 Å². The maximum Gasteiger partial charge on any atom is 0.249 e. The standard InChI is InChI=1S/C24H31N3O3/c1-26(2)12-11-25-23(28)22-14-24(17-30-22)21-10-5-4-8-19(21)16-27(24)15-18-7-6-9-20(13-18)29-3/h4-10,13,22H,11-12,14-17H2,1-3H3,(H,25,28)/t22-,24+/m0/s1. The molecule has 2 aromatic carbocycles. The smallest absolute Gasteiger partial charge is 0.249 e. The number of carbonyl (C=O) groups is 1. The molecule has 1 amide bonds. The molecule has 1 fully saturated rings. The summed E-state index contributed by atoms with van der Waals surface area (Å²) in [6.45, 7) is 3.60. The highest BCUT2D eigenvalue weighted by Crippen LogP contribution is 2.47. The van der Waals surface area contributed by atoms with Crippen molar-refractivity contribution in [2.75, 3.05) is 40.9 Å². The Morgan fingerprint density at radius 3 is 2.90 bits per heavy atom. The van der Waals surface area contributed by atoms with Gasteiger partial charge in [0.25, 0.3) is 0 Å². The van der Waals surface area contributed by atoms with Crippen LogP contribution in [0.3, 0.4) is 0 Å². The molecule has 6 heteroatoms. The van der Waals surface area contributed by atoms with Crippen LogP contribution in [0, 0.1) is 0 Å². The molecule has 4 rings (SSSR count). The average molecular weight is 410 g/mol. The summed E-state index contributed by atoms with van der Waals surface area (Å²) in [4.78, 5) is 17.3. The molecular weight excluding hydrogens is 378 g/mol. The zero-order valence-corrected chi connectivity index (χ0v) is 18.1. The van der Waals surface area contributed by atoms with Gasteiger partial charge in [0.2, 0.25) is 5.91 Å². The lowest BCUT2D eigenvalue weighted by Gasteiger charge is -2.35. The molecule has 6 nitrogen and oxygen atoms in total. The molecule has 2 heterocycles. The van der Waals surface area contributed by atoms with Gasteiger partial charge in [-0.1, -0.05) is 36.4 Å². The fourth-order valence-electron chi connectivity index (χ4n) is 4.59. The van der Waals surface area contributed by atoms with Crippen LogP contribution in [0.15, 0.2) is 48.5 Å². The van der Waals surface area contributed by atoms with Crippen molar-refractivity contribution in [3.8, 4) is 5.75 Å². The van der Waals surface area contributed by atoms with E-state index in [0.717, 1.165) is 25.4 Å². The van der Waals surface area contributed by atoms with Gasteiger partial charge >= 0.3 is 0 Å². The third-order valence-corrected chi connectivity index (χ3v) is 6.19. The van der Waals surface area contributed by atoms with Gasteiger partial charge in [-0.3, -0.25) is 9.69 Å². The Hall–Kier alpha value is -2.41. The zero-order chi connectivity index (χ0) is 21.1. The number of carbonyl (C=O) groups excluding carboxylic acids is 1. The molecule has 0 aromatic heterocycles. The van der Waals surface area contributed by atoms with E-state index in [2.05, 4.69) is 51.5 Å². The first kappa shape index (κ1) is 20.8. The highest BCUT2D eigenvalue weighted by atomic mass is 16.5. The molecular formula is C24H31N3O3. The molecule has 0 aliphatic carbocycles. The van der Waals surface area contributed by atoms with Crippen LogP contribution in [0.1, 0.15) is 23.1 Å². The van der Waals surface area contributed by atoms with E-state index in [-0.39, 0.29) is 11.4 Å². The van der Waals surface area contributed by atoms with Crippen LogP contribution < -0.4 is 10.1 Å². The van der Waals surface area contributed by atoms with E-state index in [0.29, 0.717) is 19.6 Å². The first-order valence-electron chi connectivity index (χ1n) is 10.5. The summed E-state index contributed by atoms with van der Waals surface area (Å²) in [5.41, 5.74) is 3.53. The van der Waals surface area contributed by atoms with Crippen molar-refractivity contribution in [2.24, 2.45) is 0 Å². The molecule has 2 aromatic rings. The predicted molar refractivity (Wildman–Crippen MR) is 116 cm³/mol. The first-order chi connectivity index (χ1) is 14.5. The molecule has 160 valence electrons. The summed E-state index contributed by atoms with van der Waals surface area (Å²) in [5.74, 6) is 0.846. The molecule has 0 bridgehead atoms. The molecule has 30 heavy (non-hydrogen) atoms. The van der Waals surface area contributed by atoms with Crippen LogP contribution in [0.25, 0.3) is 0 Å². The second-order valence-electron chi connectivity index (χ2n) is 8.49. The minimum absolute atomic E-state index is 0.0144. The summed E-state index contributed by atoms with van der Waals surface area (Å²) in [6.07, 6.45) is 0.244. The number of rotatable bonds is 7. The quantitative estimate of drug-likeness (QED) is 0.761. The van der Waals surface area contributed by atoms with Gasteiger partial charge in [-0.2, -0.15) is 0 Å². The third-order valence-electron chi connectivity index (χ3n) is 6.19. The van der Waals surface area contributed by atoms with E-state index in [1.54, 1.807) is 7.11 Å². The van der Waals surface area contributed by atoms with E-state index in [1.165, 1.54) is 16.7 Å². The zero-order valence-electron chi connectivity index (χ0n) is 18.1. The van der Waals surface area contributed by atoms with E-state index in [4.69, 9.17) is 9.47 Å². The number of fused-ring (bicyclic) bond motifs is 2. The number of ether oxygens (including phenoxy) is 2. The van der Waals surface area contributed by atoms with Crippen LogP contribution in [-0.2, 0) is 28.2 Å². The van der Waals surface area contributed by atoms with Crippen molar-refractivity contribution >= 4 is 5.91 Å². The van der Waals surface area contributed by atoms with Gasteiger partial charge in [-0.15, -0.1) is 0 Å². The van der Waals surface area contributed by atoms with Gasteiger partial charge in [0.05, 0.1) is 19.3 Å². The van der Waals surface area contributed by atoms with Crippen LogP contribution >= 0.6 is 0 Å². The molecule has 2 aliphatic rings. The van der Waals surface area contributed by atoms with E-state index in [9.17, 15) is 4.79 Å². The molecule has 0 saturated carbocycles. The Bertz CT molecular complexity index is 901. The van der Waals surface area contributed by atoms with Crippen molar-refractivity contribution in [3.63, 3.8) is 0 Å². The highest BCUT2D eigenvalue weighted by molar-refractivity contribution is 5.81. The second kappa shape index (κ2) is 8.76. The van der Waals surface area contributed by atoms with Crippen molar-refractivity contribution in [2.45, 2.75) is 31.2 Å². The molecule has 2 atom stereocenters. The first-order valence-corrected chi connectivity index (χ1v) is 10.5. The molecule has 1 spiro atoms. The molecule has 2 aliphatic heterocycles. The number of hydrogen-bond acceptors (Lipinski definition) is 5. The predicted octanol–water partition coefficient (Wildman–Crippen LogP) is 2.37. The van der Waals surface area contributed by atoms with Crippen LogP contribution in [0.4, 0.5) is 0 Å². The van der Waals surface area contributed by atoms with Gasteiger partial charge < -0.3 is 19.7 Å². The Morgan fingerprint density at radius 2 is 2.10 bits per heavy atom. The Balaban J connectivity index is 1.54. The summed E-state index contributed by atoms with van der Waals surface area (Å²) >= 11 is 0. The summed E-state index contributed by atoms with van der Waals surface area (Å²) in [5, 5.41) is 3.03. The van der Waals surface area contributed by atoms with Gasteiger partial charge in [0.15, 0.2) is 0 Å². The lowest BCUT2D eigenvalue weighted by atomic mass is 9.86. The largest absolute Gasteiger partial charge is 0.497 e. The Kier molecular flexibility index (Phi) is 6.09.